The standard InChI is InChI=1S/C36H36F7N3O6S/c1-2-52-31(49)29-44-27-26(38)23(37)12-24(28(27)53-29)45-13-21(33(16-45)17-46(18-33)32(50)34(10-11-34)36(41,42)43)15-51-14-20-4-3-5-22(25(20)30(47)48)19-6-8-35(39,40)9-7-19/h3-5,12,19,21H,2,6-11,13-18H2,1H3,(H,47,48). The zero-order valence-electron chi connectivity index (χ0n) is 28.5. The van der Waals surface area contributed by atoms with Gasteiger partial charge in [-0.05, 0) is 49.7 Å². The summed E-state index contributed by atoms with van der Waals surface area (Å²) in [6.07, 6.45) is -5.75. The number of esters is 1. The van der Waals surface area contributed by atoms with Gasteiger partial charge in [-0.3, -0.25) is 4.79 Å². The molecule has 2 aliphatic heterocycles. The Bertz CT molecular complexity index is 1950. The molecule has 1 atom stereocenters. The van der Waals surface area contributed by atoms with E-state index in [1.54, 1.807) is 30.0 Å². The summed E-state index contributed by atoms with van der Waals surface area (Å²) in [4.78, 5) is 44.9. The first-order chi connectivity index (χ1) is 25.0. The van der Waals surface area contributed by atoms with Crippen LogP contribution < -0.4 is 4.90 Å². The highest BCUT2D eigenvalue weighted by Gasteiger charge is 2.71. The van der Waals surface area contributed by atoms with Crippen molar-refractivity contribution in [1.82, 2.24) is 9.88 Å². The molecule has 2 saturated carbocycles. The Morgan fingerprint density at radius 2 is 1.75 bits per heavy atom. The quantitative estimate of drug-likeness (QED) is 0.166. The number of carbonyl (C=O) groups excluding carboxylic acids is 2. The van der Waals surface area contributed by atoms with Crippen LogP contribution in [0.2, 0.25) is 0 Å². The average Bonchev–Trinajstić information content (AvgIpc) is 3.65. The second-order valence-corrected chi connectivity index (χ2v) is 15.6. The first kappa shape index (κ1) is 37.3. The third-order valence-corrected chi connectivity index (χ3v) is 12.3. The van der Waals surface area contributed by atoms with E-state index < -0.39 is 58.3 Å². The van der Waals surface area contributed by atoms with Gasteiger partial charge in [-0.15, -0.1) is 11.3 Å². The Morgan fingerprint density at radius 3 is 2.38 bits per heavy atom. The number of carbonyl (C=O) groups is 3. The maximum absolute atomic E-state index is 15.0. The number of likely N-dealkylation sites (tertiary alicyclic amines) is 1. The minimum Gasteiger partial charge on any atom is -0.478 e. The Labute approximate surface area is 303 Å². The number of alkyl halides is 5. The summed E-state index contributed by atoms with van der Waals surface area (Å²) in [6.45, 7) is 1.54. The van der Waals surface area contributed by atoms with Crippen molar-refractivity contribution in [3.63, 3.8) is 0 Å². The molecule has 1 aromatic heterocycles. The molecule has 0 bridgehead atoms. The van der Waals surface area contributed by atoms with Crippen LogP contribution in [-0.2, 0) is 20.9 Å². The molecule has 4 aliphatic rings. The molecular weight excluding hydrogens is 735 g/mol. The van der Waals surface area contributed by atoms with Gasteiger partial charge in [0.1, 0.15) is 10.9 Å². The summed E-state index contributed by atoms with van der Waals surface area (Å²) in [7, 11) is 0. The molecule has 0 radical (unpaired) electrons. The number of hydrogen-bond donors (Lipinski definition) is 1. The van der Waals surface area contributed by atoms with Crippen molar-refractivity contribution >= 4 is 45.1 Å². The van der Waals surface area contributed by atoms with Crippen LogP contribution in [0.3, 0.4) is 0 Å². The number of rotatable bonds is 10. The fraction of sp³-hybridized carbons (Fsp3) is 0.556. The number of fused-ring (bicyclic) bond motifs is 1. The molecule has 7 rings (SSSR count). The van der Waals surface area contributed by atoms with E-state index in [1.165, 1.54) is 4.90 Å². The predicted molar refractivity (Wildman–Crippen MR) is 177 cm³/mol. The maximum atomic E-state index is 15.0. The second kappa shape index (κ2) is 13.4. The van der Waals surface area contributed by atoms with E-state index in [2.05, 4.69) is 4.98 Å². The minimum absolute atomic E-state index is 0.0252. The summed E-state index contributed by atoms with van der Waals surface area (Å²) in [6, 6.07) is 5.80. The fourth-order valence-electron chi connectivity index (χ4n) is 8.23. The number of carboxylic acid groups (broad SMARTS) is 1. The smallest absolute Gasteiger partial charge is 0.403 e. The van der Waals surface area contributed by atoms with Crippen LogP contribution >= 0.6 is 11.3 Å². The Balaban J connectivity index is 1.15. The number of halogens is 7. The van der Waals surface area contributed by atoms with Gasteiger partial charge in [0.05, 0.1) is 35.8 Å². The van der Waals surface area contributed by atoms with E-state index >= 15 is 4.39 Å². The molecule has 3 aromatic rings. The normalized spacial score (nSPS) is 21.9. The lowest BCUT2D eigenvalue weighted by Gasteiger charge is -2.52. The lowest BCUT2D eigenvalue weighted by molar-refractivity contribution is -0.205. The summed E-state index contributed by atoms with van der Waals surface area (Å²) < 4.78 is 111. The zero-order valence-corrected chi connectivity index (χ0v) is 29.4. The number of anilines is 1. The Hall–Kier alpha value is -3.99. The molecule has 286 valence electrons. The average molecular weight is 772 g/mol. The minimum atomic E-state index is -4.70. The third-order valence-electron chi connectivity index (χ3n) is 11.3. The van der Waals surface area contributed by atoms with Crippen LogP contribution in [0.4, 0.5) is 36.4 Å². The first-order valence-electron chi connectivity index (χ1n) is 17.4. The summed E-state index contributed by atoms with van der Waals surface area (Å²) in [5, 5.41) is 9.97. The van der Waals surface area contributed by atoms with Crippen molar-refractivity contribution in [2.75, 3.05) is 44.3 Å². The largest absolute Gasteiger partial charge is 0.478 e. The van der Waals surface area contributed by atoms with Crippen molar-refractivity contribution in [2.24, 2.45) is 16.7 Å². The number of amides is 1. The molecule has 4 fully saturated rings. The molecule has 2 aromatic carbocycles. The summed E-state index contributed by atoms with van der Waals surface area (Å²) >= 11 is 0.809. The van der Waals surface area contributed by atoms with Crippen LogP contribution in [-0.4, -0.2) is 84.3 Å². The number of thiazole rings is 1. The Kier molecular flexibility index (Phi) is 9.43. The van der Waals surface area contributed by atoms with Crippen LogP contribution in [0.5, 0.6) is 0 Å². The first-order valence-corrected chi connectivity index (χ1v) is 18.2. The molecule has 1 N–H and O–H groups in total. The highest BCUT2D eigenvalue weighted by atomic mass is 32.1. The van der Waals surface area contributed by atoms with Crippen LogP contribution in [0.15, 0.2) is 24.3 Å². The number of benzene rings is 2. The summed E-state index contributed by atoms with van der Waals surface area (Å²) in [5.74, 6) is -9.18. The molecule has 2 aliphatic carbocycles. The van der Waals surface area contributed by atoms with Crippen molar-refractivity contribution in [3.05, 3.63) is 57.6 Å². The molecule has 1 unspecified atom stereocenters. The van der Waals surface area contributed by atoms with Crippen molar-refractivity contribution in [1.29, 1.82) is 0 Å². The SMILES string of the molecule is CCOC(=O)c1nc2c(F)c(F)cc(N3CC(COCc4cccc(C5CCC(F)(F)CC5)c4C(=O)O)C4(CN(C(=O)C5(C(F)(F)F)CC5)C4)C3)c2s1. The number of aromatic nitrogens is 1. The van der Waals surface area contributed by atoms with E-state index in [9.17, 15) is 45.8 Å². The van der Waals surface area contributed by atoms with E-state index in [4.69, 9.17) is 9.47 Å². The van der Waals surface area contributed by atoms with Gasteiger partial charge in [0.25, 0.3) is 0 Å². The van der Waals surface area contributed by atoms with E-state index in [-0.39, 0.29) is 117 Å². The van der Waals surface area contributed by atoms with E-state index in [0.29, 0.717) is 11.1 Å². The van der Waals surface area contributed by atoms with E-state index in [1.807, 2.05) is 0 Å². The van der Waals surface area contributed by atoms with Gasteiger partial charge in [0.15, 0.2) is 11.6 Å². The molecule has 2 saturated heterocycles. The molecule has 9 nitrogen and oxygen atoms in total. The summed E-state index contributed by atoms with van der Waals surface area (Å²) in [5.41, 5.74) is -2.68. The molecule has 17 heteroatoms. The molecule has 53 heavy (non-hydrogen) atoms. The number of hydrogen-bond acceptors (Lipinski definition) is 8. The van der Waals surface area contributed by atoms with Crippen molar-refractivity contribution in [2.45, 2.75) is 70.1 Å². The van der Waals surface area contributed by atoms with Crippen LogP contribution in [0.25, 0.3) is 10.2 Å². The number of ether oxygens (including phenoxy) is 2. The third kappa shape index (κ3) is 6.61. The topological polar surface area (TPSA) is 109 Å². The highest BCUT2D eigenvalue weighted by Crippen LogP contribution is 2.60. The highest BCUT2D eigenvalue weighted by molar-refractivity contribution is 7.20. The van der Waals surface area contributed by atoms with Gasteiger partial charge in [0.2, 0.25) is 16.8 Å². The lowest BCUT2D eigenvalue weighted by atomic mass is 9.71. The fourth-order valence-corrected chi connectivity index (χ4v) is 9.23. The zero-order chi connectivity index (χ0) is 38.1. The molecular formula is C36H36F7N3O6S. The number of aromatic carboxylic acids is 1. The number of nitrogens with zero attached hydrogens (tertiary/aromatic N) is 3. The van der Waals surface area contributed by atoms with Gasteiger partial charge in [-0.2, -0.15) is 13.2 Å². The van der Waals surface area contributed by atoms with Crippen molar-refractivity contribution in [3.8, 4) is 0 Å². The van der Waals surface area contributed by atoms with Gasteiger partial charge in [0, 0.05) is 56.4 Å². The monoisotopic (exact) mass is 771 g/mol. The maximum Gasteiger partial charge on any atom is 0.403 e. The second-order valence-electron chi connectivity index (χ2n) is 14.6. The van der Waals surface area contributed by atoms with E-state index in [0.717, 1.165) is 17.4 Å². The molecule has 3 heterocycles. The van der Waals surface area contributed by atoms with Gasteiger partial charge < -0.3 is 24.4 Å². The van der Waals surface area contributed by atoms with Gasteiger partial charge in [-0.1, -0.05) is 18.2 Å². The molecule has 1 amide bonds. The molecule has 1 spiro atoms. The Morgan fingerprint density at radius 1 is 1.06 bits per heavy atom. The van der Waals surface area contributed by atoms with Crippen LogP contribution in [0, 0.1) is 28.4 Å². The lowest BCUT2D eigenvalue weighted by Crippen LogP contribution is -2.65. The predicted octanol–water partition coefficient (Wildman–Crippen LogP) is 7.57. The van der Waals surface area contributed by atoms with Crippen molar-refractivity contribution < 1.29 is 59.7 Å². The van der Waals surface area contributed by atoms with Gasteiger partial charge in [-0.25, -0.2) is 32.1 Å². The number of carboxylic acids is 1. The van der Waals surface area contributed by atoms with Crippen LogP contribution in [0.1, 0.15) is 82.7 Å². The van der Waals surface area contributed by atoms with Gasteiger partial charge >= 0.3 is 18.1 Å².